The van der Waals surface area contributed by atoms with Gasteiger partial charge in [-0.15, -0.1) is 0 Å². The molecule has 6 nitrogen and oxygen atoms in total. The Bertz CT molecular complexity index is 840. The predicted molar refractivity (Wildman–Crippen MR) is 117 cm³/mol. The van der Waals surface area contributed by atoms with Crippen LogP contribution < -0.4 is 0 Å². The summed E-state index contributed by atoms with van der Waals surface area (Å²) in [6, 6.07) is 2.02. The first-order valence-corrected chi connectivity index (χ1v) is 11.3. The summed E-state index contributed by atoms with van der Waals surface area (Å²) in [5.74, 6) is -0.803. The molecule has 180 valence electrons. The second-order valence-corrected chi connectivity index (χ2v) is 9.68. The van der Waals surface area contributed by atoms with Crippen LogP contribution in [0.5, 0.6) is 0 Å². The Morgan fingerprint density at radius 2 is 1.91 bits per heavy atom. The molecule has 1 heterocycles. The van der Waals surface area contributed by atoms with Crippen molar-refractivity contribution in [3.63, 3.8) is 0 Å². The van der Waals surface area contributed by atoms with Crippen molar-refractivity contribution >= 4 is 28.0 Å². The fraction of sp³-hybridized carbons (Fsp3) is 0.636. The summed E-state index contributed by atoms with van der Waals surface area (Å²) in [5.41, 5.74) is -1.62. The van der Waals surface area contributed by atoms with Gasteiger partial charge < -0.3 is 14.4 Å². The number of hydrogen-bond donors (Lipinski definition) is 0. The molecule has 0 N–H and O–H groups in total. The van der Waals surface area contributed by atoms with Gasteiger partial charge in [0.1, 0.15) is 5.60 Å². The van der Waals surface area contributed by atoms with Crippen molar-refractivity contribution in [2.75, 3.05) is 26.7 Å². The van der Waals surface area contributed by atoms with Crippen molar-refractivity contribution in [1.82, 2.24) is 9.80 Å². The minimum atomic E-state index is -4.64. The Morgan fingerprint density at radius 1 is 1.25 bits per heavy atom. The molecule has 1 amide bonds. The van der Waals surface area contributed by atoms with Gasteiger partial charge in [-0.25, -0.2) is 9.59 Å². The number of benzene rings is 1. The lowest BCUT2D eigenvalue weighted by Gasteiger charge is -2.38. The zero-order valence-corrected chi connectivity index (χ0v) is 20.6. The lowest BCUT2D eigenvalue weighted by molar-refractivity contribution is -0.138. The topological polar surface area (TPSA) is 59.1 Å². The van der Waals surface area contributed by atoms with E-state index in [9.17, 15) is 22.8 Å². The summed E-state index contributed by atoms with van der Waals surface area (Å²) in [6.45, 7) is 8.04. The molecule has 0 aliphatic carbocycles. The quantitative estimate of drug-likeness (QED) is 0.479. The van der Waals surface area contributed by atoms with E-state index in [1.165, 1.54) is 11.0 Å². The van der Waals surface area contributed by atoms with Crippen LogP contribution in [-0.2, 0) is 22.2 Å². The Hall–Kier alpha value is -1.81. The number of alkyl halides is 3. The average molecular weight is 523 g/mol. The third-order valence-corrected chi connectivity index (χ3v) is 5.81. The van der Waals surface area contributed by atoms with E-state index in [1.807, 2.05) is 4.90 Å². The van der Waals surface area contributed by atoms with Crippen molar-refractivity contribution in [3.8, 4) is 0 Å². The highest BCUT2D eigenvalue weighted by Gasteiger charge is 2.37. The van der Waals surface area contributed by atoms with Gasteiger partial charge in [-0.3, -0.25) is 4.90 Å². The predicted octanol–water partition coefficient (Wildman–Crippen LogP) is 5.48. The second kappa shape index (κ2) is 10.4. The molecule has 0 saturated carbocycles. The summed E-state index contributed by atoms with van der Waals surface area (Å²) in [6.07, 6.45) is -3.62. The van der Waals surface area contributed by atoms with Crippen molar-refractivity contribution in [2.24, 2.45) is 0 Å². The number of ether oxygens (including phenoxy) is 2. The number of likely N-dealkylation sites (N-methyl/N-ethyl adjacent to an activating group) is 1. The van der Waals surface area contributed by atoms with E-state index in [0.29, 0.717) is 13.1 Å². The third-order valence-electron chi connectivity index (χ3n) is 5.10. The second-order valence-electron chi connectivity index (χ2n) is 8.82. The van der Waals surface area contributed by atoms with Crippen LogP contribution in [0.25, 0.3) is 0 Å². The van der Waals surface area contributed by atoms with Gasteiger partial charge in [0.15, 0.2) is 0 Å². The summed E-state index contributed by atoms with van der Waals surface area (Å²) in [4.78, 5) is 27.8. The molecule has 1 aromatic carbocycles. The number of carbonyl (C=O) groups excluding carboxylic acids is 2. The standard InChI is InChI=1S/C22H30BrF3N2O4/c1-6-31-19(29)14-10-17(22(24,25)26)16(18(23)11-14)13-28-9-7-8-15(12-28)27(5)20(30)32-21(2,3)4/h10-11,15H,6-9,12-13H2,1-5H3/t15-/m0/s1. The highest BCUT2D eigenvalue weighted by Crippen LogP contribution is 2.37. The van der Waals surface area contributed by atoms with E-state index in [1.54, 1.807) is 34.7 Å². The third kappa shape index (κ3) is 7.10. The molecule has 1 aliphatic heterocycles. The lowest BCUT2D eigenvalue weighted by atomic mass is 10.00. The zero-order chi connectivity index (χ0) is 24.3. The van der Waals surface area contributed by atoms with E-state index < -0.39 is 29.4 Å². The van der Waals surface area contributed by atoms with Crippen LogP contribution >= 0.6 is 15.9 Å². The van der Waals surface area contributed by atoms with Gasteiger partial charge in [-0.05, 0) is 64.8 Å². The smallest absolute Gasteiger partial charge is 0.416 e. The van der Waals surface area contributed by atoms with Crippen LogP contribution in [0.2, 0.25) is 0 Å². The molecule has 1 aromatic rings. The summed E-state index contributed by atoms with van der Waals surface area (Å²) in [5, 5.41) is 0. The average Bonchev–Trinajstić information content (AvgIpc) is 2.67. The monoisotopic (exact) mass is 522 g/mol. The molecule has 0 bridgehead atoms. The highest BCUT2D eigenvalue weighted by atomic mass is 79.9. The normalized spacial score (nSPS) is 17.7. The number of likely N-dealkylation sites (tertiary alicyclic amines) is 1. The number of carbonyl (C=O) groups is 2. The Kier molecular flexibility index (Phi) is 8.61. The van der Waals surface area contributed by atoms with Crippen molar-refractivity contribution in [2.45, 2.75) is 64.9 Å². The van der Waals surface area contributed by atoms with E-state index >= 15 is 0 Å². The maximum absolute atomic E-state index is 13.8. The van der Waals surface area contributed by atoms with Gasteiger partial charge in [0, 0.05) is 30.7 Å². The first-order valence-electron chi connectivity index (χ1n) is 10.5. The van der Waals surface area contributed by atoms with Crippen LogP contribution in [0.3, 0.4) is 0 Å². The van der Waals surface area contributed by atoms with Crippen LogP contribution in [0, 0.1) is 0 Å². The highest BCUT2D eigenvalue weighted by molar-refractivity contribution is 9.10. The van der Waals surface area contributed by atoms with Crippen molar-refractivity contribution in [3.05, 3.63) is 33.3 Å². The largest absolute Gasteiger partial charge is 0.462 e. The summed E-state index contributed by atoms with van der Waals surface area (Å²) >= 11 is 3.22. The Balaban J connectivity index is 2.24. The minimum absolute atomic E-state index is 0.0250. The molecule has 1 saturated heterocycles. The number of piperidine rings is 1. The maximum atomic E-state index is 13.8. The molecule has 0 unspecified atom stereocenters. The molecular formula is C22H30BrF3N2O4. The number of esters is 1. The van der Waals surface area contributed by atoms with Crippen LogP contribution in [-0.4, -0.2) is 60.2 Å². The van der Waals surface area contributed by atoms with Gasteiger partial charge in [0.25, 0.3) is 0 Å². The van der Waals surface area contributed by atoms with E-state index in [0.717, 1.165) is 18.9 Å². The van der Waals surface area contributed by atoms with Crippen molar-refractivity contribution in [1.29, 1.82) is 0 Å². The van der Waals surface area contributed by atoms with Crippen LogP contribution in [0.4, 0.5) is 18.0 Å². The van der Waals surface area contributed by atoms with Crippen LogP contribution in [0.1, 0.15) is 62.0 Å². The molecule has 0 radical (unpaired) electrons. The van der Waals surface area contributed by atoms with Gasteiger partial charge in [-0.1, -0.05) is 15.9 Å². The first kappa shape index (κ1) is 26.4. The molecule has 1 fully saturated rings. The summed E-state index contributed by atoms with van der Waals surface area (Å²) in [7, 11) is 1.65. The fourth-order valence-corrected chi connectivity index (χ4v) is 4.17. The SMILES string of the molecule is CCOC(=O)c1cc(Br)c(CN2CCC[C@H](N(C)C(=O)OC(C)(C)C)C2)c(C(F)(F)F)c1. The molecule has 0 spiro atoms. The number of amides is 1. The van der Waals surface area contributed by atoms with Crippen molar-refractivity contribution < 1.29 is 32.2 Å². The summed E-state index contributed by atoms with van der Waals surface area (Å²) < 4.78 is 51.9. The molecule has 1 atom stereocenters. The van der Waals surface area contributed by atoms with E-state index in [4.69, 9.17) is 9.47 Å². The molecule has 10 heteroatoms. The van der Waals surface area contributed by atoms with Crippen LogP contribution in [0.15, 0.2) is 16.6 Å². The minimum Gasteiger partial charge on any atom is -0.462 e. The van der Waals surface area contributed by atoms with Gasteiger partial charge in [0.2, 0.25) is 0 Å². The van der Waals surface area contributed by atoms with Gasteiger partial charge in [-0.2, -0.15) is 13.2 Å². The maximum Gasteiger partial charge on any atom is 0.416 e. The molecule has 32 heavy (non-hydrogen) atoms. The number of rotatable bonds is 5. The van der Waals surface area contributed by atoms with Gasteiger partial charge >= 0.3 is 18.2 Å². The first-order chi connectivity index (χ1) is 14.7. The molecule has 1 aliphatic rings. The number of hydrogen-bond acceptors (Lipinski definition) is 5. The Labute approximate surface area is 195 Å². The number of halogens is 4. The fourth-order valence-electron chi connectivity index (χ4n) is 3.58. The van der Waals surface area contributed by atoms with E-state index in [-0.39, 0.29) is 34.8 Å². The molecular weight excluding hydrogens is 493 g/mol. The Morgan fingerprint density at radius 3 is 2.47 bits per heavy atom. The number of nitrogens with zero attached hydrogens (tertiary/aromatic N) is 2. The molecule has 2 rings (SSSR count). The molecule has 0 aromatic heterocycles. The van der Waals surface area contributed by atoms with Gasteiger partial charge in [0.05, 0.1) is 17.7 Å². The lowest BCUT2D eigenvalue weighted by Crippen LogP contribution is -2.49. The van der Waals surface area contributed by atoms with E-state index in [2.05, 4.69) is 15.9 Å². The zero-order valence-electron chi connectivity index (χ0n) is 19.0.